The first-order valence-electron chi connectivity index (χ1n) is 10.2. The fourth-order valence-corrected chi connectivity index (χ4v) is 3.79. The lowest BCUT2D eigenvalue weighted by molar-refractivity contribution is 0.398. The summed E-state index contributed by atoms with van der Waals surface area (Å²) in [7, 11) is 1.59. The summed E-state index contributed by atoms with van der Waals surface area (Å²) in [5.41, 5.74) is 2.12. The SMILES string of the molecule is COc1cc(-c2nnc3n2CCCN3[C@@H](C)c2nnn(-c3cccc(C#N)c3)n2)ccn1. The molecule has 11 nitrogen and oxygen atoms in total. The summed E-state index contributed by atoms with van der Waals surface area (Å²) in [6, 6.07) is 12.8. The average Bonchev–Trinajstić information content (AvgIpc) is 3.51. The molecule has 0 radical (unpaired) electrons. The van der Waals surface area contributed by atoms with E-state index in [1.165, 1.54) is 4.80 Å². The van der Waals surface area contributed by atoms with Gasteiger partial charge in [0.15, 0.2) is 11.6 Å². The van der Waals surface area contributed by atoms with Crippen molar-refractivity contribution in [3.63, 3.8) is 0 Å². The van der Waals surface area contributed by atoms with Gasteiger partial charge in [-0.15, -0.1) is 25.2 Å². The zero-order chi connectivity index (χ0) is 22.1. The van der Waals surface area contributed by atoms with E-state index in [1.807, 2.05) is 25.1 Å². The summed E-state index contributed by atoms with van der Waals surface area (Å²) in [6.07, 6.45) is 2.63. The molecule has 1 aliphatic rings. The predicted molar refractivity (Wildman–Crippen MR) is 114 cm³/mol. The maximum atomic E-state index is 9.13. The summed E-state index contributed by atoms with van der Waals surface area (Å²) in [6.45, 7) is 3.64. The molecule has 0 fully saturated rings. The number of tetrazole rings is 1. The molecule has 0 aliphatic carbocycles. The molecule has 0 N–H and O–H groups in total. The van der Waals surface area contributed by atoms with Gasteiger partial charge >= 0.3 is 0 Å². The molecule has 1 aromatic carbocycles. The Hall–Kier alpha value is -4.33. The summed E-state index contributed by atoms with van der Waals surface area (Å²) in [5.74, 6) is 2.62. The van der Waals surface area contributed by atoms with E-state index in [9.17, 15) is 0 Å². The third-order valence-electron chi connectivity index (χ3n) is 5.45. The van der Waals surface area contributed by atoms with E-state index in [1.54, 1.807) is 31.5 Å². The van der Waals surface area contributed by atoms with Gasteiger partial charge in [-0.05, 0) is 42.8 Å². The van der Waals surface area contributed by atoms with Crippen LogP contribution >= 0.6 is 0 Å². The molecule has 0 saturated heterocycles. The number of nitrogens with zero attached hydrogens (tertiary/aromatic N) is 10. The Balaban J connectivity index is 1.44. The van der Waals surface area contributed by atoms with Crippen molar-refractivity contribution >= 4 is 5.95 Å². The minimum absolute atomic E-state index is 0.161. The van der Waals surface area contributed by atoms with E-state index in [4.69, 9.17) is 10.00 Å². The third-order valence-corrected chi connectivity index (χ3v) is 5.45. The Kier molecular flexibility index (Phi) is 4.95. The number of nitriles is 1. The van der Waals surface area contributed by atoms with Crippen LogP contribution in [0.5, 0.6) is 5.88 Å². The van der Waals surface area contributed by atoms with E-state index in [-0.39, 0.29) is 6.04 Å². The number of fused-ring (bicyclic) bond motifs is 1. The molecule has 1 aliphatic heterocycles. The van der Waals surface area contributed by atoms with Crippen LogP contribution in [0, 0.1) is 11.3 Å². The van der Waals surface area contributed by atoms with E-state index < -0.39 is 0 Å². The number of rotatable bonds is 5. The molecule has 4 aromatic rings. The van der Waals surface area contributed by atoms with Crippen molar-refractivity contribution < 1.29 is 4.74 Å². The molecule has 0 spiro atoms. The van der Waals surface area contributed by atoms with E-state index in [0.29, 0.717) is 23.0 Å². The fourth-order valence-electron chi connectivity index (χ4n) is 3.79. The fraction of sp³-hybridized carbons (Fsp3) is 0.286. The molecule has 32 heavy (non-hydrogen) atoms. The van der Waals surface area contributed by atoms with Crippen molar-refractivity contribution in [2.75, 3.05) is 18.6 Å². The largest absolute Gasteiger partial charge is 0.481 e. The van der Waals surface area contributed by atoms with Crippen LogP contribution in [-0.2, 0) is 6.54 Å². The lowest BCUT2D eigenvalue weighted by Gasteiger charge is -2.32. The Morgan fingerprint density at radius 3 is 2.88 bits per heavy atom. The van der Waals surface area contributed by atoms with Crippen molar-refractivity contribution in [3.05, 3.63) is 54.0 Å². The molecule has 3 aromatic heterocycles. The Bertz CT molecular complexity index is 1300. The van der Waals surface area contributed by atoms with E-state index >= 15 is 0 Å². The molecule has 0 bridgehead atoms. The average molecular weight is 428 g/mol. The van der Waals surface area contributed by atoms with Gasteiger partial charge in [-0.1, -0.05) is 6.07 Å². The van der Waals surface area contributed by atoms with Gasteiger partial charge in [0.2, 0.25) is 11.8 Å². The maximum absolute atomic E-state index is 9.13. The van der Waals surface area contributed by atoms with Gasteiger partial charge < -0.3 is 9.64 Å². The van der Waals surface area contributed by atoms with Crippen LogP contribution in [0.1, 0.15) is 30.8 Å². The van der Waals surface area contributed by atoms with Crippen molar-refractivity contribution in [3.8, 4) is 29.0 Å². The molecular weight excluding hydrogens is 408 g/mol. The minimum atomic E-state index is -0.161. The summed E-state index contributed by atoms with van der Waals surface area (Å²) in [5, 5.41) is 31.0. The van der Waals surface area contributed by atoms with Crippen molar-refractivity contribution in [2.24, 2.45) is 0 Å². The highest BCUT2D eigenvalue weighted by Gasteiger charge is 2.29. The van der Waals surface area contributed by atoms with Gasteiger partial charge in [-0.2, -0.15) is 5.26 Å². The molecule has 160 valence electrons. The molecule has 1 atom stereocenters. The number of benzene rings is 1. The standard InChI is InChI=1S/C21H20N10O/c1-14(19-24-28-31(27-19)17-6-3-5-15(11-17)13-22)29-9-4-10-30-20(25-26-21(29)30)16-7-8-23-18(12-16)32-2/h3,5-8,11-12,14H,4,9-10H2,1-2H3/t14-/m0/s1. The van der Waals surface area contributed by atoms with Gasteiger partial charge in [-0.25, -0.2) is 4.98 Å². The number of aromatic nitrogens is 8. The first-order valence-corrected chi connectivity index (χ1v) is 10.2. The second-order valence-electron chi connectivity index (χ2n) is 7.38. The Labute approximate surface area is 183 Å². The van der Waals surface area contributed by atoms with Crippen LogP contribution in [0.15, 0.2) is 42.6 Å². The predicted octanol–water partition coefficient (Wildman–Crippen LogP) is 2.17. The van der Waals surface area contributed by atoms with Gasteiger partial charge in [0.25, 0.3) is 0 Å². The van der Waals surface area contributed by atoms with Crippen LogP contribution in [0.3, 0.4) is 0 Å². The number of pyridine rings is 1. The number of anilines is 1. The first-order chi connectivity index (χ1) is 15.7. The number of ether oxygens (including phenoxy) is 1. The van der Waals surface area contributed by atoms with Crippen molar-refractivity contribution in [1.82, 2.24) is 40.0 Å². The smallest absolute Gasteiger partial charge is 0.228 e. The Morgan fingerprint density at radius 1 is 1.12 bits per heavy atom. The summed E-state index contributed by atoms with van der Waals surface area (Å²) >= 11 is 0. The summed E-state index contributed by atoms with van der Waals surface area (Å²) in [4.78, 5) is 7.74. The monoisotopic (exact) mass is 428 g/mol. The van der Waals surface area contributed by atoms with E-state index in [0.717, 1.165) is 36.8 Å². The van der Waals surface area contributed by atoms with Crippen molar-refractivity contribution in [1.29, 1.82) is 5.26 Å². The molecule has 0 saturated carbocycles. The van der Waals surface area contributed by atoms with Crippen LogP contribution in [0.2, 0.25) is 0 Å². The van der Waals surface area contributed by atoms with Crippen molar-refractivity contribution in [2.45, 2.75) is 25.9 Å². The number of hydrogen-bond acceptors (Lipinski definition) is 9. The molecule has 0 amide bonds. The van der Waals surface area contributed by atoms with Crippen LogP contribution in [-0.4, -0.2) is 53.6 Å². The highest BCUT2D eigenvalue weighted by molar-refractivity contribution is 5.59. The maximum Gasteiger partial charge on any atom is 0.228 e. The molecule has 5 rings (SSSR count). The van der Waals surface area contributed by atoms with Gasteiger partial charge in [-0.3, -0.25) is 4.57 Å². The van der Waals surface area contributed by atoms with Gasteiger partial charge in [0.1, 0.15) is 0 Å². The highest BCUT2D eigenvalue weighted by atomic mass is 16.5. The quantitative estimate of drug-likeness (QED) is 0.470. The minimum Gasteiger partial charge on any atom is -0.481 e. The lowest BCUT2D eigenvalue weighted by atomic mass is 10.2. The topological polar surface area (TPSA) is 123 Å². The zero-order valence-electron chi connectivity index (χ0n) is 17.6. The summed E-state index contributed by atoms with van der Waals surface area (Å²) < 4.78 is 7.34. The van der Waals surface area contributed by atoms with Gasteiger partial charge in [0.05, 0.1) is 30.5 Å². The Morgan fingerprint density at radius 2 is 2.03 bits per heavy atom. The molecule has 11 heteroatoms. The highest BCUT2D eigenvalue weighted by Crippen LogP contribution is 2.31. The first kappa shape index (κ1) is 19.6. The van der Waals surface area contributed by atoms with Gasteiger partial charge in [0, 0.05) is 30.9 Å². The van der Waals surface area contributed by atoms with Crippen LogP contribution < -0.4 is 9.64 Å². The number of hydrogen-bond donors (Lipinski definition) is 0. The molecular formula is C21H20N10O. The lowest BCUT2D eigenvalue weighted by Crippen LogP contribution is -2.35. The van der Waals surface area contributed by atoms with E-state index in [2.05, 4.69) is 46.1 Å². The normalized spacial score (nSPS) is 14.0. The second kappa shape index (κ2) is 8.07. The third kappa shape index (κ3) is 3.41. The molecule has 4 heterocycles. The number of methoxy groups -OCH3 is 1. The second-order valence-corrected chi connectivity index (χ2v) is 7.38. The zero-order valence-corrected chi connectivity index (χ0v) is 17.6. The van der Waals surface area contributed by atoms with Crippen LogP contribution in [0.25, 0.3) is 17.1 Å². The van der Waals surface area contributed by atoms with Crippen LogP contribution in [0.4, 0.5) is 5.95 Å². The molecule has 0 unspecified atom stereocenters.